The monoisotopic (exact) mass is 166 g/mol. The van der Waals surface area contributed by atoms with Crippen molar-refractivity contribution in [3.8, 4) is 6.07 Å². The highest BCUT2D eigenvalue weighted by Gasteiger charge is 2.22. The van der Waals surface area contributed by atoms with Crippen molar-refractivity contribution in [3.05, 3.63) is 0 Å². The number of rotatable bonds is 1. The Labute approximate surface area is 67.2 Å². The SMILES string of the molecule is CC(C)C(N)(S)C#N.Cl. The van der Waals surface area contributed by atoms with E-state index in [0.29, 0.717) is 0 Å². The summed E-state index contributed by atoms with van der Waals surface area (Å²) >= 11 is 3.90. The Hall–Kier alpha value is 0.0900. The molecule has 0 fully saturated rings. The maximum Gasteiger partial charge on any atom is 0.150 e. The number of thiol groups is 1. The normalized spacial score (nSPS) is 15.6. The third kappa shape index (κ3) is 3.63. The molecule has 54 valence electrons. The number of hydrogen-bond acceptors (Lipinski definition) is 3. The van der Waals surface area contributed by atoms with E-state index in [1.165, 1.54) is 0 Å². The van der Waals surface area contributed by atoms with E-state index >= 15 is 0 Å². The van der Waals surface area contributed by atoms with Crippen LogP contribution in [0.5, 0.6) is 0 Å². The minimum Gasteiger partial charge on any atom is -0.305 e. The van der Waals surface area contributed by atoms with Crippen LogP contribution >= 0.6 is 25.0 Å². The third-order valence-corrected chi connectivity index (χ3v) is 1.68. The summed E-state index contributed by atoms with van der Waals surface area (Å²) in [5.41, 5.74) is 5.36. The van der Waals surface area contributed by atoms with Crippen LogP contribution in [0.15, 0.2) is 0 Å². The van der Waals surface area contributed by atoms with Crippen LogP contribution in [0.2, 0.25) is 0 Å². The topological polar surface area (TPSA) is 49.8 Å². The number of halogens is 1. The second kappa shape index (κ2) is 3.99. The van der Waals surface area contributed by atoms with Gasteiger partial charge in [-0.25, -0.2) is 0 Å². The first kappa shape index (κ1) is 11.8. The number of hydrogen-bond donors (Lipinski definition) is 2. The Morgan fingerprint density at radius 1 is 1.67 bits per heavy atom. The standard InChI is InChI=1S/C5H10N2S.ClH/c1-4(2)5(7,8)3-6;/h4,8H,7H2,1-2H3;1H. The van der Waals surface area contributed by atoms with Gasteiger partial charge in [0.15, 0.2) is 0 Å². The van der Waals surface area contributed by atoms with E-state index in [4.69, 9.17) is 11.0 Å². The highest BCUT2D eigenvalue weighted by atomic mass is 35.5. The Bertz CT molecular complexity index is 117. The van der Waals surface area contributed by atoms with Gasteiger partial charge in [-0.3, -0.25) is 0 Å². The molecular formula is C5H11ClN2S. The Morgan fingerprint density at radius 3 is 2.00 bits per heavy atom. The lowest BCUT2D eigenvalue weighted by Crippen LogP contribution is -2.36. The molecule has 0 aromatic carbocycles. The number of nitrogens with zero attached hydrogens (tertiary/aromatic N) is 1. The van der Waals surface area contributed by atoms with E-state index in [1.807, 2.05) is 19.9 Å². The van der Waals surface area contributed by atoms with Crippen LogP contribution in [0.4, 0.5) is 0 Å². The zero-order valence-corrected chi connectivity index (χ0v) is 7.17. The second-order valence-electron chi connectivity index (χ2n) is 2.09. The molecule has 0 aliphatic heterocycles. The maximum absolute atomic E-state index is 8.31. The van der Waals surface area contributed by atoms with Crippen molar-refractivity contribution >= 4 is 25.0 Å². The summed E-state index contributed by atoms with van der Waals surface area (Å²) < 4.78 is 0. The van der Waals surface area contributed by atoms with E-state index in [-0.39, 0.29) is 18.3 Å². The van der Waals surface area contributed by atoms with E-state index < -0.39 is 4.87 Å². The van der Waals surface area contributed by atoms with Gasteiger partial charge in [-0.2, -0.15) is 5.26 Å². The molecule has 1 atom stereocenters. The Balaban J connectivity index is 0. The summed E-state index contributed by atoms with van der Waals surface area (Å²) in [5.74, 6) is 0.0934. The summed E-state index contributed by atoms with van der Waals surface area (Å²) in [6, 6.07) is 1.88. The minimum absolute atomic E-state index is 0. The lowest BCUT2D eigenvalue weighted by atomic mass is 10.1. The first-order valence-electron chi connectivity index (χ1n) is 2.43. The predicted octanol–water partition coefficient (Wildman–Crippen LogP) is 1.17. The van der Waals surface area contributed by atoms with Gasteiger partial charge in [0, 0.05) is 0 Å². The van der Waals surface area contributed by atoms with Crippen LogP contribution < -0.4 is 5.73 Å². The van der Waals surface area contributed by atoms with Crippen LogP contribution in [0.3, 0.4) is 0 Å². The van der Waals surface area contributed by atoms with Crippen molar-refractivity contribution in [1.29, 1.82) is 5.26 Å². The molecule has 4 heteroatoms. The van der Waals surface area contributed by atoms with E-state index in [1.54, 1.807) is 0 Å². The quantitative estimate of drug-likeness (QED) is 0.454. The van der Waals surface area contributed by atoms with E-state index in [9.17, 15) is 0 Å². The maximum atomic E-state index is 8.31. The molecule has 0 aromatic heterocycles. The van der Waals surface area contributed by atoms with Gasteiger partial charge in [-0.15, -0.1) is 25.0 Å². The molecule has 0 spiro atoms. The van der Waals surface area contributed by atoms with Gasteiger partial charge in [-0.1, -0.05) is 13.8 Å². The molecule has 0 rings (SSSR count). The zero-order chi connectivity index (χ0) is 6.78. The van der Waals surface area contributed by atoms with Crippen LogP contribution in [-0.4, -0.2) is 4.87 Å². The van der Waals surface area contributed by atoms with Gasteiger partial charge in [-0.05, 0) is 5.92 Å². The van der Waals surface area contributed by atoms with Crippen LogP contribution in [-0.2, 0) is 0 Å². The first-order chi connectivity index (χ1) is 3.50. The fourth-order valence-corrected chi connectivity index (χ4v) is 0.129. The molecule has 0 aliphatic rings. The summed E-state index contributed by atoms with van der Waals surface area (Å²) in [4.78, 5) is -0.958. The lowest BCUT2D eigenvalue weighted by molar-refractivity contribution is 0.541. The Kier molecular flexibility index (Phi) is 5.25. The summed E-state index contributed by atoms with van der Waals surface area (Å²) in [5, 5.41) is 8.31. The van der Waals surface area contributed by atoms with Gasteiger partial charge >= 0.3 is 0 Å². The molecule has 1 unspecified atom stereocenters. The van der Waals surface area contributed by atoms with Gasteiger partial charge in [0.1, 0.15) is 4.87 Å². The van der Waals surface area contributed by atoms with Gasteiger partial charge in [0.05, 0.1) is 6.07 Å². The largest absolute Gasteiger partial charge is 0.305 e. The summed E-state index contributed by atoms with van der Waals surface area (Å²) in [6.07, 6.45) is 0. The van der Waals surface area contributed by atoms with E-state index in [0.717, 1.165) is 0 Å². The Morgan fingerprint density at radius 2 is 2.00 bits per heavy atom. The van der Waals surface area contributed by atoms with Gasteiger partial charge in [0.2, 0.25) is 0 Å². The van der Waals surface area contributed by atoms with Gasteiger partial charge < -0.3 is 5.73 Å². The molecule has 9 heavy (non-hydrogen) atoms. The smallest absolute Gasteiger partial charge is 0.150 e. The van der Waals surface area contributed by atoms with Gasteiger partial charge in [0.25, 0.3) is 0 Å². The first-order valence-corrected chi connectivity index (χ1v) is 2.88. The highest BCUT2D eigenvalue weighted by Crippen LogP contribution is 2.15. The highest BCUT2D eigenvalue weighted by molar-refractivity contribution is 7.82. The molecule has 0 bridgehead atoms. The summed E-state index contributed by atoms with van der Waals surface area (Å²) in [6.45, 7) is 3.71. The molecule has 2 N–H and O–H groups in total. The van der Waals surface area contributed by atoms with Crippen molar-refractivity contribution in [3.63, 3.8) is 0 Å². The molecular weight excluding hydrogens is 156 g/mol. The molecule has 0 saturated carbocycles. The minimum atomic E-state index is -0.958. The third-order valence-electron chi connectivity index (χ3n) is 1.06. The average Bonchev–Trinajstić information content (AvgIpc) is 1.67. The molecule has 0 aromatic rings. The number of nitriles is 1. The molecule has 0 saturated heterocycles. The fourth-order valence-electron chi connectivity index (χ4n) is 0.129. The van der Waals surface area contributed by atoms with E-state index in [2.05, 4.69) is 12.6 Å². The van der Waals surface area contributed by atoms with Crippen molar-refractivity contribution in [2.45, 2.75) is 18.7 Å². The lowest BCUT2D eigenvalue weighted by Gasteiger charge is -2.17. The second-order valence-corrected chi connectivity index (χ2v) is 2.83. The predicted molar refractivity (Wildman–Crippen MR) is 43.6 cm³/mol. The molecule has 2 nitrogen and oxygen atoms in total. The average molecular weight is 167 g/mol. The summed E-state index contributed by atoms with van der Waals surface area (Å²) in [7, 11) is 0. The number of nitrogens with two attached hydrogens (primary N) is 1. The molecule has 0 radical (unpaired) electrons. The zero-order valence-electron chi connectivity index (χ0n) is 5.46. The van der Waals surface area contributed by atoms with Crippen LogP contribution in [0, 0.1) is 17.2 Å². The van der Waals surface area contributed by atoms with Crippen molar-refractivity contribution in [2.24, 2.45) is 11.7 Å². The van der Waals surface area contributed by atoms with Crippen molar-refractivity contribution in [1.82, 2.24) is 0 Å². The fraction of sp³-hybridized carbons (Fsp3) is 0.800. The molecule has 0 heterocycles. The van der Waals surface area contributed by atoms with Crippen LogP contribution in [0.25, 0.3) is 0 Å². The molecule has 0 amide bonds. The van der Waals surface area contributed by atoms with Crippen molar-refractivity contribution < 1.29 is 0 Å². The molecule has 0 aliphatic carbocycles. The van der Waals surface area contributed by atoms with Crippen molar-refractivity contribution in [2.75, 3.05) is 0 Å². The van der Waals surface area contributed by atoms with Crippen LogP contribution in [0.1, 0.15) is 13.8 Å².